The molecule has 1 aromatic carbocycles. The lowest BCUT2D eigenvalue weighted by Crippen LogP contribution is -2.45. The number of furan rings is 1. The van der Waals surface area contributed by atoms with Crippen molar-refractivity contribution in [3.8, 4) is 5.75 Å². The molecule has 1 N–H and O–H groups in total. The summed E-state index contributed by atoms with van der Waals surface area (Å²) in [4.78, 5) is 26.8. The molecule has 154 valence electrons. The molecule has 29 heavy (non-hydrogen) atoms. The quantitative estimate of drug-likeness (QED) is 0.774. The molecule has 2 aromatic rings. The second kappa shape index (κ2) is 8.68. The van der Waals surface area contributed by atoms with Gasteiger partial charge in [0.25, 0.3) is 5.91 Å². The van der Waals surface area contributed by atoms with Gasteiger partial charge in [-0.25, -0.2) is 4.39 Å². The number of amides is 2. The van der Waals surface area contributed by atoms with Gasteiger partial charge in [-0.15, -0.1) is 0 Å². The summed E-state index contributed by atoms with van der Waals surface area (Å²) in [5, 5.41) is 3.01. The van der Waals surface area contributed by atoms with Crippen LogP contribution in [0.4, 0.5) is 4.39 Å². The highest BCUT2D eigenvalue weighted by Crippen LogP contribution is 2.28. The molecule has 0 radical (unpaired) electrons. The van der Waals surface area contributed by atoms with Crippen molar-refractivity contribution in [2.45, 2.75) is 32.3 Å². The highest BCUT2D eigenvalue weighted by atomic mass is 19.1. The minimum Gasteiger partial charge on any atom is -0.486 e. The number of carbonyl (C=O) groups is 2. The van der Waals surface area contributed by atoms with E-state index in [0.717, 1.165) is 19.4 Å². The first-order valence-electron chi connectivity index (χ1n) is 10.1. The Balaban J connectivity index is 1.30. The molecule has 2 fully saturated rings. The maximum absolute atomic E-state index is 12.9. The van der Waals surface area contributed by atoms with Crippen molar-refractivity contribution in [1.82, 2.24) is 10.2 Å². The summed E-state index contributed by atoms with van der Waals surface area (Å²) < 4.78 is 24.1. The van der Waals surface area contributed by atoms with Crippen LogP contribution in [-0.4, -0.2) is 36.3 Å². The van der Waals surface area contributed by atoms with Crippen molar-refractivity contribution in [3.63, 3.8) is 0 Å². The zero-order valence-corrected chi connectivity index (χ0v) is 16.2. The fraction of sp³-hybridized carbons (Fsp3) is 0.455. The van der Waals surface area contributed by atoms with Gasteiger partial charge in [-0.1, -0.05) is 0 Å². The topological polar surface area (TPSA) is 71.8 Å². The summed E-state index contributed by atoms with van der Waals surface area (Å²) in [6.07, 6.45) is 3.99. The third-order valence-electron chi connectivity index (χ3n) is 5.41. The van der Waals surface area contributed by atoms with E-state index in [1.165, 1.54) is 37.1 Å². The molecule has 1 saturated carbocycles. The van der Waals surface area contributed by atoms with Crippen LogP contribution < -0.4 is 10.1 Å². The summed E-state index contributed by atoms with van der Waals surface area (Å²) >= 11 is 0. The van der Waals surface area contributed by atoms with Gasteiger partial charge >= 0.3 is 0 Å². The van der Waals surface area contributed by atoms with Crippen molar-refractivity contribution in [1.29, 1.82) is 0 Å². The highest BCUT2D eigenvalue weighted by Gasteiger charge is 2.31. The average Bonchev–Trinajstić information content (AvgIpc) is 3.46. The first-order valence-corrected chi connectivity index (χ1v) is 10.1. The first-order chi connectivity index (χ1) is 14.1. The molecule has 1 saturated heterocycles. The van der Waals surface area contributed by atoms with E-state index in [-0.39, 0.29) is 35.9 Å². The third-order valence-corrected chi connectivity index (χ3v) is 5.41. The monoisotopic (exact) mass is 400 g/mol. The van der Waals surface area contributed by atoms with Crippen LogP contribution in [-0.2, 0) is 11.4 Å². The normalized spacial score (nSPS) is 19.1. The van der Waals surface area contributed by atoms with Crippen LogP contribution in [0.15, 0.2) is 40.8 Å². The maximum atomic E-state index is 12.9. The van der Waals surface area contributed by atoms with Crippen molar-refractivity contribution < 1.29 is 23.1 Å². The van der Waals surface area contributed by atoms with E-state index in [9.17, 15) is 14.0 Å². The molecule has 1 aliphatic heterocycles. The molecule has 1 atom stereocenters. The van der Waals surface area contributed by atoms with Crippen LogP contribution >= 0.6 is 0 Å². The molecule has 0 spiro atoms. The summed E-state index contributed by atoms with van der Waals surface area (Å²) in [5.74, 6) is 1.24. The molecule has 1 unspecified atom stereocenters. The molecule has 6 nitrogen and oxygen atoms in total. The van der Waals surface area contributed by atoms with Gasteiger partial charge in [0.2, 0.25) is 5.91 Å². The number of piperidine rings is 1. The van der Waals surface area contributed by atoms with Crippen LogP contribution in [0.3, 0.4) is 0 Å². The van der Waals surface area contributed by atoms with E-state index < -0.39 is 0 Å². The Bertz CT molecular complexity index is 860. The molecule has 0 bridgehead atoms. The summed E-state index contributed by atoms with van der Waals surface area (Å²) in [7, 11) is 0. The van der Waals surface area contributed by atoms with Crippen molar-refractivity contribution in [2.75, 3.05) is 19.6 Å². The zero-order chi connectivity index (χ0) is 20.2. The van der Waals surface area contributed by atoms with Gasteiger partial charge in [-0.05, 0) is 68.0 Å². The van der Waals surface area contributed by atoms with Gasteiger partial charge in [-0.2, -0.15) is 0 Å². The van der Waals surface area contributed by atoms with Gasteiger partial charge < -0.3 is 19.4 Å². The van der Waals surface area contributed by atoms with E-state index in [1.807, 2.05) is 0 Å². The summed E-state index contributed by atoms with van der Waals surface area (Å²) in [6.45, 7) is 1.93. The fourth-order valence-corrected chi connectivity index (χ4v) is 3.50. The average molecular weight is 400 g/mol. The predicted molar refractivity (Wildman–Crippen MR) is 104 cm³/mol. The smallest absolute Gasteiger partial charge is 0.289 e. The van der Waals surface area contributed by atoms with Gasteiger partial charge in [0.05, 0.1) is 5.92 Å². The fourth-order valence-electron chi connectivity index (χ4n) is 3.50. The lowest BCUT2D eigenvalue weighted by molar-refractivity contribution is -0.126. The summed E-state index contributed by atoms with van der Waals surface area (Å²) in [6, 6.07) is 9.03. The van der Waals surface area contributed by atoms with E-state index in [1.54, 1.807) is 17.0 Å². The van der Waals surface area contributed by atoms with E-state index in [4.69, 9.17) is 9.15 Å². The number of hydrogen-bond donors (Lipinski definition) is 1. The van der Waals surface area contributed by atoms with E-state index in [0.29, 0.717) is 30.5 Å². The number of nitrogens with zero attached hydrogens (tertiary/aromatic N) is 1. The minimum atomic E-state index is -0.329. The number of nitrogens with one attached hydrogen (secondary N) is 1. The van der Waals surface area contributed by atoms with E-state index >= 15 is 0 Å². The number of halogens is 1. The molecule has 7 heteroatoms. The summed E-state index contributed by atoms with van der Waals surface area (Å²) in [5.41, 5.74) is 0. The molecule has 2 aliphatic rings. The Morgan fingerprint density at radius 3 is 2.69 bits per heavy atom. The first kappa shape index (κ1) is 19.5. The Kier molecular flexibility index (Phi) is 5.83. The number of rotatable bonds is 7. The van der Waals surface area contributed by atoms with Crippen molar-refractivity contribution in [2.24, 2.45) is 11.8 Å². The standard InChI is InChI=1S/C22H25FN2O4/c23-17-5-7-18(8-6-17)28-14-19-9-10-20(29-19)22(27)25-11-1-2-16(13-25)21(26)24-12-15-3-4-15/h5-10,15-16H,1-4,11-14H2,(H,24,26). The number of benzene rings is 1. The minimum absolute atomic E-state index is 0.0437. The largest absolute Gasteiger partial charge is 0.486 e. The number of hydrogen-bond acceptors (Lipinski definition) is 4. The van der Waals surface area contributed by atoms with Crippen LogP contribution in [0.1, 0.15) is 42.0 Å². The van der Waals surface area contributed by atoms with Crippen molar-refractivity contribution in [3.05, 3.63) is 53.7 Å². The molecule has 1 aromatic heterocycles. The van der Waals surface area contributed by atoms with E-state index in [2.05, 4.69) is 5.32 Å². The van der Waals surface area contributed by atoms with Gasteiger partial charge in [-0.3, -0.25) is 9.59 Å². The van der Waals surface area contributed by atoms with Crippen LogP contribution in [0.2, 0.25) is 0 Å². The molecular formula is C22H25FN2O4. The highest BCUT2D eigenvalue weighted by molar-refractivity contribution is 5.92. The second-order valence-corrected chi connectivity index (χ2v) is 7.79. The van der Waals surface area contributed by atoms with Crippen LogP contribution in [0.25, 0.3) is 0 Å². The zero-order valence-electron chi connectivity index (χ0n) is 16.2. The Hall–Kier alpha value is -2.83. The number of carbonyl (C=O) groups excluding carboxylic acids is 2. The SMILES string of the molecule is O=C(NCC1CC1)C1CCCN(C(=O)c2ccc(COc3ccc(F)cc3)o2)C1. The van der Waals surface area contributed by atoms with Gasteiger partial charge in [0.15, 0.2) is 5.76 Å². The Morgan fingerprint density at radius 1 is 1.14 bits per heavy atom. The Labute approximate surface area is 169 Å². The third kappa shape index (κ3) is 5.16. The maximum Gasteiger partial charge on any atom is 0.289 e. The van der Waals surface area contributed by atoms with Crippen LogP contribution in [0.5, 0.6) is 5.75 Å². The Morgan fingerprint density at radius 2 is 1.93 bits per heavy atom. The number of ether oxygens (including phenoxy) is 1. The van der Waals surface area contributed by atoms with Crippen molar-refractivity contribution >= 4 is 11.8 Å². The lowest BCUT2D eigenvalue weighted by Gasteiger charge is -2.31. The molecule has 2 amide bonds. The van der Waals surface area contributed by atoms with Gasteiger partial charge in [0.1, 0.15) is 23.9 Å². The van der Waals surface area contributed by atoms with Gasteiger partial charge in [0, 0.05) is 19.6 Å². The molecule has 2 heterocycles. The second-order valence-electron chi connectivity index (χ2n) is 7.79. The molecule has 1 aliphatic carbocycles. The predicted octanol–water partition coefficient (Wildman–Crippen LogP) is 3.38. The number of likely N-dealkylation sites (tertiary alicyclic amines) is 1. The lowest BCUT2D eigenvalue weighted by atomic mass is 9.97. The molecule has 4 rings (SSSR count). The van der Waals surface area contributed by atoms with Crippen LogP contribution in [0, 0.1) is 17.7 Å². The molecular weight excluding hydrogens is 375 g/mol.